The van der Waals surface area contributed by atoms with Crippen molar-refractivity contribution in [3.63, 3.8) is 0 Å². The van der Waals surface area contributed by atoms with Gasteiger partial charge in [0.05, 0.1) is 5.69 Å². The Morgan fingerprint density at radius 1 is 1.25 bits per heavy atom. The van der Waals surface area contributed by atoms with E-state index in [0.717, 1.165) is 0 Å². The largest absolute Gasteiger partial charge is 1.00 e. The third-order valence-corrected chi connectivity index (χ3v) is 1.42. The Kier molecular flexibility index (Phi) is 10.9. The Balaban J connectivity index is 0. The van der Waals surface area contributed by atoms with Gasteiger partial charge in [-0.05, 0) is 13.8 Å². The van der Waals surface area contributed by atoms with Crippen LogP contribution in [0.3, 0.4) is 0 Å². The molecular weight excluding hydrogens is 209 g/mol. The minimum absolute atomic E-state index is 0. The van der Waals surface area contributed by atoms with Crippen LogP contribution in [0.2, 0.25) is 0 Å². The molecular formula is C5H7BK2N2O2. The number of aromatic amines is 1. The number of nitrogens with zero attached hydrogens (tertiary/aromatic N) is 1. The summed E-state index contributed by atoms with van der Waals surface area (Å²) in [7, 11) is -1.92. The van der Waals surface area contributed by atoms with Crippen molar-refractivity contribution in [2.24, 2.45) is 0 Å². The monoisotopic (exact) mass is 216 g/mol. The third-order valence-electron chi connectivity index (χ3n) is 1.42. The van der Waals surface area contributed by atoms with E-state index in [-0.39, 0.29) is 108 Å². The summed E-state index contributed by atoms with van der Waals surface area (Å²) in [5.41, 5.74) is 1.33. The molecule has 1 aromatic rings. The maximum Gasteiger partial charge on any atom is 1.00 e. The minimum Gasteiger partial charge on any atom is -0.889 e. The summed E-state index contributed by atoms with van der Waals surface area (Å²) in [4.78, 5) is 0. The maximum absolute atomic E-state index is 10.4. The van der Waals surface area contributed by atoms with Gasteiger partial charge in [-0.25, -0.2) is 0 Å². The number of H-pyrrole nitrogens is 1. The van der Waals surface area contributed by atoms with Crippen LogP contribution in [0.25, 0.3) is 0 Å². The van der Waals surface area contributed by atoms with Crippen molar-refractivity contribution in [2.75, 3.05) is 0 Å². The Morgan fingerprint density at radius 2 is 1.75 bits per heavy atom. The third kappa shape index (κ3) is 4.33. The van der Waals surface area contributed by atoms with Gasteiger partial charge in [0.2, 0.25) is 0 Å². The van der Waals surface area contributed by atoms with Gasteiger partial charge in [-0.1, -0.05) is 12.6 Å². The average molecular weight is 216 g/mol. The second kappa shape index (κ2) is 7.72. The van der Waals surface area contributed by atoms with Gasteiger partial charge < -0.3 is 10.0 Å². The van der Waals surface area contributed by atoms with Crippen LogP contribution >= 0.6 is 0 Å². The van der Waals surface area contributed by atoms with E-state index in [1.165, 1.54) is 0 Å². The first kappa shape index (κ1) is 16.9. The molecule has 0 amide bonds. The summed E-state index contributed by atoms with van der Waals surface area (Å²) < 4.78 is 0. The van der Waals surface area contributed by atoms with Gasteiger partial charge in [-0.15, -0.1) is 0 Å². The van der Waals surface area contributed by atoms with Crippen molar-refractivity contribution in [1.82, 2.24) is 10.2 Å². The van der Waals surface area contributed by atoms with E-state index in [1.807, 2.05) is 0 Å². The van der Waals surface area contributed by atoms with E-state index >= 15 is 0 Å². The second-order valence-corrected chi connectivity index (χ2v) is 2.18. The van der Waals surface area contributed by atoms with Crippen LogP contribution < -0.4 is 118 Å². The molecule has 1 heterocycles. The number of aryl methyl sites for hydroxylation is 2. The van der Waals surface area contributed by atoms with Crippen molar-refractivity contribution in [2.45, 2.75) is 13.8 Å². The van der Waals surface area contributed by atoms with Gasteiger partial charge in [-0.3, -0.25) is 5.10 Å². The van der Waals surface area contributed by atoms with E-state index in [2.05, 4.69) is 10.2 Å². The summed E-state index contributed by atoms with van der Waals surface area (Å²) >= 11 is 0. The number of hydrogen-bond acceptors (Lipinski definition) is 3. The molecule has 0 atom stereocenters. The molecule has 54 valence electrons. The SMILES string of the molecule is Cc1n[nH]c(C)c1B([O-])[O-].[K+].[K+]. The van der Waals surface area contributed by atoms with Gasteiger partial charge in [0.15, 0.2) is 0 Å². The van der Waals surface area contributed by atoms with Crippen LogP contribution in [0.4, 0.5) is 0 Å². The molecule has 0 spiro atoms. The number of nitrogens with one attached hydrogen (secondary N) is 1. The van der Waals surface area contributed by atoms with E-state index < -0.39 is 7.12 Å². The standard InChI is InChI=1S/C5H7BN2O2.2K/c1-3-5(6(9)10)4(2)8-7-3;;/h1-2H3,(H,7,8);;/q-2;2*+1. The van der Waals surface area contributed by atoms with Gasteiger partial charge >= 0.3 is 103 Å². The predicted octanol–water partition coefficient (Wildman–Crippen LogP) is -8.55. The Bertz CT molecular complexity index is 222. The Hall–Kier alpha value is 2.47. The normalized spacial score (nSPS) is 8.33. The molecule has 0 radical (unpaired) electrons. The van der Waals surface area contributed by atoms with Crippen molar-refractivity contribution < 1.29 is 113 Å². The summed E-state index contributed by atoms with van der Waals surface area (Å²) in [5.74, 6) is 0. The molecule has 1 rings (SSSR count). The van der Waals surface area contributed by atoms with Crippen LogP contribution in [0.1, 0.15) is 11.4 Å². The molecule has 4 nitrogen and oxygen atoms in total. The average Bonchev–Trinajstić information content (AvgIpc) is 2.11. The number of rotatable bonds is 1. The van der Waals surface area contributed by atoms with E-state index in [1.54, 1.807) is 13.8 Å². The zero-order chi connectivity index (χ0) is 7.72. The van der Waals surface area contributed by atoms with Crippen LogP contribution in [-0.4, -0.2) is 17.3 Å². The van der Waals surface area contributed by atoms with E-state index in [9.17, 15) is 10.0 Å². The molecule has 1 N–H and O–H groups in total. The number of hydrogen-bond donors (Lipinski definition) is 1. The topological polar surface area (TPSA) is 74.8 Å². The second-order valence-electron chi connectivity index (χ2n) is 2.18. The molecule has 0 aliphatic rings. The maximum atomic E-state index is 10.4. The summed E-state index contributed by atoms with van der Waals surface area (Å²) in [6.07, 6.45) is 0. The molecule has 12 heavy (non-hydrogen) atoms. The summed E-state index contributed by atoms with van der Waals surface area (Å²) in [6.45, 7) is 3.31. The molecule has 7 heteroatoms. The first-order valence-corrected chi connectivity index (χ1v) is 2.96. The van der Waals surface area contributed by atoms with Crippen LogP contribution in [0, 0.1) is 13.8 Å². The minimum atomic E-state index is -1.92. The van der Waals surface area contributed by atoms with Crippen LogP contribution in [-0.2, 0) is 0 Å². The molecule has 0 saturated heterocycles. The Morgan fingerprint density at radius 3 is 1.92 bits per heavy atom. The van der Waals surface area contributed by atoms with Gasteiger partial charge in [0.1, 0.15) is 0 Å². The van der Waals surface area contributed by atoms with E-state index in [0.29, 0.717) is 11.4 Å². The van der Waals surface area contributed by atoms with Gasteiger partial charge in [0, 0.05) is 5.69 Å². The zero-order valence-corrected chi connectivity index (χ0v) is 14.1. The van der Waals surface area contributed by atoms with Gasteiger partial charge in [0.25, 0.3) is 0 Å². The quantitative estimate of drug-likeness (QED) is 0.474. The smallest absolute Gasteiger partial charge is 0.889 e. The molecule has 0 aliphatic carbocycles. The molecule has 0 fully saturated rings. The van der Waals surface area contributed by atoms with Crippen molar-refractivity contribution in [3.05, 3.63) is 11.4 Å². The molecule has 0 bridgehead atoms. The van der Waals surface area contributed by atoms with Crippen molar-refractivity contribution in [3.8, 4) is 0 Å². The molecule has 0 aliphatic heterocycles. The van der Waals surface area contributed by atoms with Crippen LogP contribution in [0.15, 0.2) is 0 Å². The summed E-state index contributed by atoms with van der Waals surface area (Å²) in [6, 6.07) is 0. The van der Waals surface area contributed by atoms with Crippen molar-refractivity contribution in [1.29, 1.82) is 0 Å². The molecule has 0 saturated carbocycles. The predicted molar refractivity (Wildman–Crippen MR) is 33.4 cm³/mol. The van der Waals surface area contributed by atoms with Gasteiger partial charge in [-0.2, -0.15) is 5.10 Å². The van der Waals surface area contributed by atoms with Crippen LogP contribution in [0.5, 0.6) is 0 Å². The van der Waals surface area contributed by atoms with Crippen molar-refractivity contribution >= 4 is 12.6 Å². The molecule has 0 unspecified atom stereocenters. The fourth-order valence-corrected chi connectivity index (χ4v) is 0.907. The first-order valence-electron chi connectivity index (χ1n) is 2.96. The summed E-state index contributed by atoms with van der Waals surface area (Å²) in [5, 5.41) is 27.1. The fraction of sp³-hybridized carbons (Fsp3) is 0.400. The number of aromatic nitrogens is 2. The zero-order valence-electron chi connectivity index (χ0n) is 7.84. The first-order chi connectivity index (χ1) is 4.63. The molecule has 1 aromatic heterocycles. The molecule has 0 aromatic carbocycles. The van der Waals surface area contributed by atoms with E-state index in [4.69, 9.17) is 0 Å². The Labute approximate surface area is 157 Å². The fourth-order valence-electron chi connectivity index (χ4n) is 0.907.